The molecule has 5 aromatic rings. The molecule has 12 heteroatoms. The van der Waals surface area contributed by atoms with Crippen molar-refractivity contribution < 1.29 is 38.1 Å². The standard InChI is InChI=1S/C49H54N4O8/c1-28-25-50-20-19-39(28)32-9-7-31(8-10-32)21-40(48(56)57)52-46(54)41-22-34-23-42-43(24-35(34)26-53(41)47(55)45-29(2)59-30(3)51-45)61-44(27-58-42)33-11-15-37(16-12-33)60-38-17-13-36(14-18-38)49(4,5)6/h7-12,15-16,19-20,23-25,36,38,40-41,44H,13-14,17-18,21-22,26-27H2,1-6H3,(H,52,54)(H,56,57)/t36-,38+,40-,41-,44+/m0/s1. The number of pyridine rings is 1. The monoisotopic (exact) mass is 826 g/mol. The molecular weight excluding hydrogens is 773 g/mol. The number of carbonyl (C=O) groups is 3. The number of amides is 2. The Kier molecular flexibility index (Phi) is 11.6. The Hall–Kier alpha value is -6.17. The van der Waals surface area contributed by atoms with Crippen molar-refractivity contribution in [3.8, 4) is 28.4 Å². The lowest BCUT2D eigenvalue weighted by molar-refractivity contribution is -0.142. The molecule has 2 amide bonds. The SMILES string of the molecule is Cc1nc(C(=O)N2Cc3cc4c(cc3C[C@H]2C(=O)N[C@@H](Cc2ccc(-c3ccncc3C)cc2)C(=O)O)OC[C@H](c2ccc(O[C@H]3CC[C@@H](C(C)(C)C)CC3)cc2)O4)c(C)o1. The Morgan fingerprint density at radius 2 is 1.66 bits per heavy atom. The maximum absolute atomic E-state index is 14.2. The van der Waals surface area contributed by atoms with Gasteiger partial charge in [-0.3, -0.25) is 14.6 Å². The van der Waals surface area contributed by atoms with E-state index in [4.69, 9.17) is 18.6 Å². The second-order valence-corrected chi connectivity index (χ2v) is 17.8. The first kappa shape index (κ1) is 41.6. The van der Waals surface area contributed by atoms with Crippen molar-refractivity contribution in [3.05, 3.63) is 124 Å². The number of nitrogens with zero attached hydrogens (tertiary/aromatic N) is 3. The fraction of sp³-hybridized carbons (Fsp3) is 0.408. The Labute approximate surface area is 356 Å². The minimum Gasteiger partial charge on any atom is -0.490 e. The molecule has 0 radical (unpaired) electrons. The molecule has 3 aromatic carbocycles. The van der Waals surface area contributed by atoms with Crippen molar-refractivity contribution in [2.75, 3.05) is 6.61 Å². The number of carboxylic acid groups (broad SMARTS) is 1. The van der Waals surface area contributed by atoms with E-state index < -0.39 is 29.9 Å². The number of rotatable bonds is 10. The molecule has 2 aliphatic heterocycles. The van der Waals surface area contributed by atoms with Gasteiger partial charge in [0.15, 0.2) is 29.2 Å². The molecule has 3 atom stereocenters. The molecule has 0 bridgehead atoms. The van der Waals surface area contributed by atoms with Crippen LogP contribution in [0, 0.1) is 32.1 Å². The van der Waals surface area contributed by atoms with Gasteiger partial charge in [0.25, 0.3) is 5.91 Å². The molecule has 3 aliphatic rings. The Bertz CT molecular complexity index is 2410. The zero-order valence-corrected chi connectivity index (χ0v) is 35.7. The first-order valence-electron chi connectivity index (χ1n) is 21.2. The Morgan fingerprint density at radius 3 is 2.31 bits per heavy atom. The van der Waals surface area contributed by atoms with E-state index >= 15 is 0 Å². The fourth-order valence-corrected chi connectivity index (χ4v) is 8.95. The van der Waals surface area contributed by atoms with E-state index in [1.54, 1.807) is 26.2 Å². The van der Waals surface area contributed by atoms with Gasteiger partial charge in [0.05, 0.1) is 6.10 Å². The lowest BCUT2D eigenvalue weighted by Crippen LogP contribution is -2.56. The number of nitrogens with one attached hydrogen (secondary N) is 1. The van der Waals surface area contributed by atoms with Crippen LogP contribution in [0.5, 0.6) is 17.2 Å². The van der Waals surface area contributed by atoms with Crippen molar-refractivity contribution in [2.45, 2.75) is 111 Å². The minimum absolute atomic E-state index is 0.0453. The summed E-state index contributed by atoms with van der Waals surface area (Å²) in [6, 6.07) is 19.0. The number of fused-ring (bicyclic) bond motifs is 2. The molecule has 318 valence electrons. The van der Waals surface area contributed by atoms with Gasteiger partial charge in [-0.05, 0) is 120 Å². The maximum Gasteiger partial charge on any atom is 0.326 e. The molecule has 4 heterocycles. The summed E-state index contributed by atoms with van der Waals surface area (Å²) in [5.74, 6) is 1.02. The molecule has 1 aliphatic carbocycles. The van der Waals surface area contributed by atoms with Crippen molar-refractivity contribution in [1.82, 2.24) is 20.2 Å². The van der Waals surface area contributed by atoms with E-state index in [1.807, 2.05) is 73.7 Å². The smallest absolute Gasteiger partial charge is 0.326 e. The number of carbonyl (C=O) groups excluding carboxylic acids is 2. The summed E-state index contributed by atoms with van der Waals surface area (Å²) in [6.45, 7) is 12.6. The van der Waals surface area contributed by atoms with Crippen LogP contribution in [0.4, 0.5) is 0 Å². The molecule has 0 spiro atoms. The highest BCUT2D eigenvalue weighted by molar-refractivity contribution is 5.98. The van der Waals surface area contributed by atoms with E-state index in [1.165, 1.54) is 17.7 Å². The van der Waals surface area contributed by atoms with E-state index in [0.717, 1.165) is 63.5 Å². The normalized spacial score (nSPS) is 20.3. The number of benzene rings is 3. The fourth-order valence-electron chi connectivity index (χ4n) is 8.95. The van der Waals surface area contributed by atoms with Gasteiger partial charge in [0.2, 0.25) is 5.91 Å². The summed E-state index contributed by atoms with van der Waals surface area (Å²) in [4.78, 5) is 51.0. The van der Waals surface area contributed by atoms with Crippen molar-refractivity contribution in [2.24, 2.45) is 11.3 Å². The van der Waals surface area contributed by atoms with Crippen molar-refractivity contribution in [1.29, 1.82) is 0 Å². The van der Waals surface area contributed by atoms with Gasteiger partial charge in [-0.25, -0.2) is 9.78 Å². The molecule has 2 aromatic heterocycles. The van der Waals surface area contributed by atoms with Gasteiger partial charge < -0.3 is 34.0 Å². The first-order chi connectivity index (χ1) is 29.2. The average Bonchev–Trinajstić information content (AvgIpc) is 3.59. The topological polar surface area (TPSA) is 153 Å². The van der Waals surface area contributed by atoms with Crippen LogP contribution in [0.15, 0.2) is 83.5 Å². The van der Waals surface area contributed by atoms with Crippen LogP contribution in [0.1, 0.15) is 103 Å². The molecule has 8 rings (SSSR count). The summed E-state index contributed by atoms with van der Waals surface area (Å²) >= 11 is 0. The van der Waals surface area contributed by atoms with E-state index in [-0.39, 0.29) is 43.9 Å². The highest BCUT2D eigenvalue weighted by Gasteiger charge is 2.40. The highest BCUT2D eigenvalue weighted by atomic mass is 16.6. The highest BCUT2D eigenvalue weighted by Crippen LogP contribution is 2.42. The number of oxazole rings is 1. The minimum atomic E-state index is -1.25. The third kappa shape index (κ3) is 9.13. The molecule has 1 fully saturated rings. The number of ether oxygens (including phenoxy) is 3. The van der Waals surface area contributed by atoms with Gasteiger partial charge in [0.1, 0.15) is 30.2 Å². The number of hydrogen-bond donors (Lipinski definition) is 2. The summed E-state index contributed by atoms with van der Waals surface area (Å²) in [7, 11) is 0. The molecule has 2 N–H and O–H groups in total. The van der Waals surface area contributed by atoms with Gasteiger partial charge >= 0.3 is 5.97 Å². The van der Waals surface area contributed by atoms with Crippen LogP contribution in [0.25, 0.3) is 11.1 Å². The van der Waals surface area contributed by atoms with Crippen molar-refractivity contribution in [3.63, 3.8) is 0 Å². The van der Waals surface area contributed by atoms with Crippen LogP contribution in [-0.2, 0) is 29.0 Å². The quantitative estimate of drug-likeness (QED) is 0.140. The third-order valence-corrected chi connectivity index (χ3v) is 12.5. The molecule has 12 nitrogen and oxygen atoms in total. The molecule has 0 unspecified atom stereocenters. The van der Waals surface area contributed by atoms with E-state index in [0.29, 0.717) is 28.6 Å². The van der Waals surface area contributed by atoms with E-state index in [2.05, 4.69) is 36.1 Å². The van der Waals surface area contributed by atoms with Crippen LogP contribution in [0.2, 0.25) is 0 Å². The molecule has 61 heavy (non-hydrogen) atoms. The number of aromatic nitrogens is 2. The summed E-state index contributed by atoms with van der Waals surface area (Å²) in [6.07, 6.45) is 8.01. The Balaban J connectivity index is 0.978. The number of hydrogen-bond acceptors (Lipinski definition) is 9. The van der Waals surface area contributed by atoms with Gasteiger partial charge in [-0.1, -0.05) is 57.2 Å². The van der Waals surface area contributed by atoms with Crippen LogP contribution >= 0.6 is 0 Å². The molecule has 0 saturated heterocycles. The summed E-state index contributed by atoms with van der Waals surface area (Å²) in [5, 5.41) is 13.0. The predicted octanol–water partition coefficient (Wildman–Crippen LogP) is 8.54. The third-order valence-electron chi connectivity index (χ3n) is 12.5. The van der Waals surface area contributed by atoms with Gasteiger partial charge in [0, 0.05) is 38.7 Å². The Morgan fingerprint density at radius 1 is 0.934 bits per heavy atom. The molecular formula is C49H54N4O8. The lowest BCUT2D eigenvalue weighted by Gasteiger charge is -2.37. The number of aliphatic carboxylic acids is 1. The van der Waals surface area contributed by atoms with Crippen LogP contribution in [-0.4, -0.2) is 62.6 Å². The van der Waals surface area contributed by atoms with Gasteiger partial charge in [-0.15, -0.1) is 0 Å². The first-order valence-corrected chi connectivity index (χ1v) is 21.2. The second-order valence-electron chi connectivity index (χ2n) is 17.8. The van der Waals surface area contributed by atoms with Crippen molar-refractivity contribution >= 4 is 17.8 Å². The largest absolute Gasteiger partial charge is 0.490 e. The summed E-state index contributed by atoms with van der Waals surface area (Å²) < 4.78 is 24.8. The van der Waals surface area contributed by atoms with E-state index in [9.17, 15) is 19.5 Å². The van der Waals surface area contributed by atoms with Crippen LogP contribution < -0.4 is 19.5 Å². The predicted molar refractivity (Wildman–Crippen MR) is 229 cm³/mol. The lowest BCUT2D eigenvalue weighted by atomic mass is 9.72. The maximum atomic E-state index is 14.2. The zero-order chi connectivity index (χ0) is 43.0. The average molecular weight is 827 g/mol. The number of aryl methyl sites for hydroxylation is 3. The van der Waals surface area contributed by atoms with Crippen LogP contribution in [0.3, 0.4) is 0 Å². The zero-order valence-electron chi connectivity index (χ0n) is 35.7. The summed E-state index contributed by atoms with van der Waals surface area (Å²) in [5.41, 5.74) is 6.71. The van der Waals surface area contributed by atoms with Gasteiger partial charge in [-0.2, -0.15) is 0 Å². The molecule has 1 saturated carbocycles. The number of carboxylic acids is 1. The second kappa shape index (κ2) is 17.1.